The average Bonchev–Trinajstić information content (AvgIpc) is 3.01. The predicted molar refractivity (Wildman–Crippen MR) is 115 cm³/mol. The Hall–Kier alpha value is -2.32. The Bertz CT molecular complexity index is 1280. The number of nitrogens with zero attached hydrogens (tertiary/aromatic N) is 3. The molecular weight excluding hydrogens is 442 g/mol. The normalized spacial score (nSPS) is 11.5. The van der Waals surface area contributed by atoms with Gasteiger partial charge in [-0.1, -0.05) is 46.7 Å². The van der Waals surface area contributed by atoms with Crippen molar-refractivity contribution >= 4 is 49.7 Å². The van der Waals surface area contributed by atoms with Crippen molar-refractivity contribution in [1.29, 1.82) is 0 Å². The van der Waals surface area contributed by atoms with Crippen molar-refractivity contribution < 1.29 is 4.42 Å². The van der Waals surface area contributed by atoms with Crippen LogP contribution in [0.5, 0.6) is 0 Å². The molecule has 2 aromatic carbocycles. The van der Waals surface area contributed by atoms with E-state index in [1.807, 2.05) is 43.3 Å². The van der Waals surface area contributed by atoms with Gasteiger partial charge in [-0.25, -0.2) is 9.78 Å². The van der Waals surface area contributed by atoms with Crippen LogP contribution in [0, 0.1) is 0 Å². The number of rotatable bonds is 6. The molecule has 0 spiro atoms. The smallest absolute Gasteiger partial charge is 0.408 e. The van der Waals surface area contributed by atoms with Crippen LogP contribution in [-0.2, 0) is 13.1 Å². The minimum absolute atomic E-state index is 0.0402. The molecule has 0 amide bonds. The van der Waals surface area contributed by atoms with E-state index in [0.717, 1.165) is 16.4 Å². The lowest BCUT2D eigenvalue weighted by atomic mass is 10.2. The van der Waals surface area contributed by atoms with Crippen LogP contribution in [0.25, 0.3) is 22.0 Å². The van der Waals surface area contributed by atoms with E-state index >= 15 is 0 Å². The molecule has 2 aromatic heterocycles. The highest BCUT2D eigenvalue weighted by atomic mass is 79.9. The molecule has 0 saturated heterocycles. The summed E-state index contributed by atoms with van der Waals surface area (Å²) >= 11 is 4.89. The van der Waals surface area contributed by atoms with Gasteiger partial charge >= 0.3 is 5.76 Å². The van der Waals surface area contributed by atoms with E-state index in [1.165, 1.54) is 11.8 Å². The van der Waals surface area contributed by atoms with Crippen LogP contribution in [0.1, 0.15) is 13.3 Å². The fourth-order valence-electron chi connectivity index (χ4n) is 3.16. The highest BCUT2D eigenvalue weighted by Crippen LogP contribution is 2.21. The van der Waals surface area contributed by atoms with E-state index in [0.29, 0.717) is 40.5 Å². The summed E-state index contributed by atoms with van der Waals surface area (Å²) in [6.07, 6.45) is 0.834. The zero-order chi connectivity index (χ0) is 19.7. The number of aryl methyl sites for hydroxylation is 1. The lowest BCUT2D eigenvalue weighted by molar-refractivity contribution is 0.514. The molecule has 0 atom stereocenters. The molecule has 0 aliphatic carbocycles. The number of oxazole rings is 1. The Morgan fingerprint density at radius 1 is 1.11 bits per heavy atom. The Labute approximate surface area is 173 Å². The fourth-order valence-corrected chi connectivity index (χ4v) is 4.47. The zero-order valence-electron chi connectivity index (χ0n) is 15.2. The summed E-state index contributed by atoms with van der Waals surface area (Å²) in [6, 6.07) is 12.9. The summed E-state index contributed by atoms with van der Waals surface area (Å²) in [5.41, 5.74) is 1.99. The fraction of sp³-hybridized carbons (Fsp3) is 0.250. The van der Waals surface area contributed by atoms with Gasteiger partial charge in [-0.05, 0) is 36.8 Å². The van der Waals surface area contributed by atoms with Crippen molar-refractivity contribution in [3.8, 4) is 0 Å². The molecule has 8 heteroatoms. The second-order valence-electron chi connectivity index (χ2n) is 6.35. The first-order chi connectivity index (χ1) is 13.6. The van der Waals surface area contributed by atoms with Crippen LogP contribution in [0.2, 0.25) is 0 Å². The van der Waals surface area contributed by atoms with Crippen molar-refractivity contribution in [2.75, 3.05) is 5.75 Å². The van der Waals surface area contributed by atoms with Crippen LogP contribution in [0.3, 0.4) is 0 Å². The van der Waals surface area contributed by atoms with Crippen molar-refractivity contribution in [2.45, 2.75) is 31.6 Å². The SMILES string of the molecule is CCCn1c(SCCn2c(=O)oc3ccccc32)nc2ccc(Br)cc2c1=O. The lowest BCUT2D eigenvalue weighted by Gasteiger charge is -2.12. The third kappa shape index (κ3) is 3.54. The van der Waals surface area contributed by atoms with Crippen LogP contribution in [0.15, 0.2) is 66.1 Å². The number of hydrogen-bond acceptors (Lipinski definition) is 5. The molecule has 4 rings (SSSR count). The molecule has 4 aromatic rings. The Kier molecular flexibility index (Phi) is 5.41. The third-order valence-electron chi connectivity index (χ3n) is 4.45. The molecule has 0 fully saturated rings. The maximum absolute atomic E-state index is 12.9. The summed E-state index contributed by atoms with van der Waals surface area (Å²) in [5, 5.41) is 1.27. The van der Waals surface area contributed by atoms with Crippen molar-refractivity contribution in [3.63, 3.8) is 0 Å². The molecule has 0 aliphatic rings. The molecule has 0 unspecified atom stereocenters. The largest absolute Gasteiger partial charge is 0.419 e. The Balaban J connectivity index is 1.64. The van der Waals surface area contributed by atoms with Crippen LogP contribution >= 0.6 is 27.7 Å². The minimum atomic E-state index is -0.371. The van der Waals surface area contributed by atoms with E-state index in [2.05, 4.69) is 15.9 Å². The quantitative estimate of drug-likeness (QED) is 0.318. The van der Waals surface area contributed by atoms with Crippen LogP contribution < -0.4 is 11.3 Å². The molecular formula is C20H18BrN3O3S. The predicted octanol–water partition coefficient (Wildman–Crippen LogP) is 4.27. The number of fused-ring (bicyclic) bond motifs is 2. The second-order valence-corrected chi connectivity index (χ2v) is 8.33. The van der Waals surface area contributed by atoms with Crippen molar-refractivity contribution in [2.24, 2.45) is 0 Å². The van der Waals surface area contributed by atoms with Crippen molar-refractivity contribution in [3.05, 3.63) is 67.8 Å². The Morgan fingerprint density at radius 3 is 2.75 bits per heavy atom. The van der Waals surface area contributed by atoms with E-state index < -0.39 is 0 Å². The molecule has 6 nitrogen and oxygen atoms in total. The summed E-state index contributed by atoms with van der Waals surface area (Å²) < 4.78 is 9.46. The van der Waals surface area contributed by atoms with Gasteiger partial charge in [-0.2, -0.15) is 0 Å². The Morgan fingerprint density at radius 2 is 1.93 bits per heavy atom. The number of thioether (sulfide) groups is 1. The van der Waals surface area contributed by atoms with E-state index in [9.17, 15) is 9.59 Å². The number of halogens is 1. The first-order valence-electron chi connectivity index (χ1n) is 8.99. The standard InChI is InChI=1S/C20H18BrN3O3S/c1-2-9-24-18(25)14-12-13(21)7-8-15(14)22-19(24)28-11-10-23-16-5-3-4-6-17(16)27-20(23)26/h3-8,12H,2,9-11H2,1H3. The molecule has 28 heavy (non-hydrogen) atoms. The summed E-state index contributed by atoms with van der Waals surface area (Å²) in [6.45, 7) is 3.11. The number of aromatic nitrogens is 3. The van der Waals surface area contributed by atoms with Crippen LogP contribution in [0.4, 0.5) is 0 Å². The van der Waals surface area contributed by atoms with E-state index in [1.54, 1.807) is 15.2 Å². The van der Waals surface area contributed by atoms with Gasteiger partial charge in [0.15, 0.2) is 10.7 Å². The highest BCUT2D eigenvalue weighted by Gasteiger charge is 2.13. The highest BCUT2D eigenvalue weighted by molar-refractivity contribution is 9.10. The summed E-state index contributed by atoms with van der Waals surface area (Å²) in [4.78, 5) is 29.7. The topological polar surface area (TPSA) is 70.0 Å². The first kappa shape index (κ1) is 19.0. The van der Waals surface area contributed by atoms with Gasteiger partial charge in [0.25, 0.3) is 5.56 Å². The van der Waals surface area contributed by atoms with Gasteiger partial charge in [0.2, 0.25) is 0 Å². The van der Waals surface area contributed by atoms with E-state index in [-0.39, 0.29) is 11.3 Å². The maximum atomic E-state index is 12.9. The average molecular weight is 460 g/mol. The molecule has 0 saturated carbocycles. The third-order valence-corrected chi connectivity index (χ3v) is 5.90. The summed E-state index contributed by atoms with van der Waals surface area (Å²) in [7, 11) is 0. The first-order valence-corrected chi connectivity index (χ1v) is 10.8. The van der Waals surface area contributed by atoms with Gasteiger partial charge < -0.3 is 4.42 Å². The number of benzene rings is 2. The number of para-hydroxylation sites is 2. The second kappa shape index (κ2) is 7.97. The molecule has 0 N–H and O–H groups in total. The molecule has 2 heterocycles. The molecule has 0 radical (unpaired) electrons. The van der Waals surface area contributed by atoms with Gasteiger partial charge in [-0.3, -0.25) is 13.9 Å². The zero-order valence-corrected chi connectivity index (χ0v) is 17.6. The molecule has 0 aliphatic heterocycles. The van der Waals surface area contributed by atoms with Gasteiger partial charge in [-0.15, -0.1) is 0 Å². The minimum Gasteiger partial charge on any atom is -0.408 e. The van der Waals surface area contributed by atoms with Crippen molar-refractivity contribution in [1.82, 2.24) is 14.1 Å². The lowest BCUT2D eigenvalue weighted by Crippen LogP contribution is -2.23. The van der Waals surface area contributed by atoms with Gasteiger partial charge in [0.05, 0.1) is 16.4 Å². The van der Waals surface area contributed by atoms with Crippen LogP contribution in [-0.4, -0.2) is 19.9 Å². The maximum Gasteiger partial charge on any atom is 0.419 e. The monoisotopic (exact) mass is 459 g/mol. The van der Waals surface area contributed by atoms with Gasteiger partial charge in [0, 0.05) is 23.3 Å². The van der Waals surface area contributed by atoms with E-state index in [4.69, 9.17) is 9.40 Å². The number of hydrogen-bond donors (Lipinski definition) is 0. The molecule has 0 bridgehead atoms. The summed E-state index contributed by atoms with van der Waals surface area (Å²) in [5.74, 6) is 0.228. The van der Waals surface area contributed by atoms with Gasteiger partial charge in [0.1, 0.15) is 0 Å². The molecule has 144 valence electrons.